The lowest BCUT2D eigenvalue weighted by Gasteiger charge is -2.34. The second-order valence-electron chi connectivity index (χ2n) is 8.41. The Labute approximate surface area is 153 Å². The number of piperidine rings is 1. The SMILES string of the molecule is NC1CC2CC(Nc3ccc(N4CCC(C(F)(F)F)CC4)cc3)CC2C1. The first-order valence-electron chi connectivity index (χ1n) is 9.82. The molecule has 1 aliphatic heterocycles. The van der Waals surface area contributed by atoms with Gasteiger partial charge < -0.3 is 16.0 Å². The maximum absolute atomic E-state index is 12.8. The van der Waals surface area contributed by atoms with Crippen LogP contribution >= 0.6 is 0 Å². The number of rotatable bonds is 3. The molecule has 1 aromatic rings. The molecule has 0 amide bonds. The summed E-state index contributed by atoms with van der Waals surface area (Å²) in [6.07, 6.45) is 1.05. The Kier molecular flexibility index (Phi) is 4.80. The van der Waals surface area contributed by atoms with E-state index >= 15 is 0 Å². The monoisotopic (exact) mass is 367 g/mol. The van der Waals surface area contributed by atoms with Crippen LogP contribution in [0, 0.1) is 17.8 Å². The molecule has 2 unspecified atom stereocenters. The van der Waals surface area contributed by atoms with Crippen LogP contribution in [0.2, 0.25) is 0 Å². The van der Waals surface area contributed by atoms with Gasteiger partial charge in [0.25, 0.3) is 0 Å². The molecule has 1 heterocycles. The molecule has 144 valence electrons. The van der Waals surface area contributed by atoms with Crippen molar-refractivity contribution < 1.29 is 13.2 Å². The number of fused-ring (bicyclic) bond motifs is 1. The first-order chi connectivity index (χ1) is 12.4. The molecule has 0 bridgehead atoms. The van der Waals surface area contributed by atoms with Crippen molar-refractivity contribution >= 4 is 11.4 Å². The van der Waals surface area contributed by atoms with Crippen molar-refractivity contribution in [2.75, 3.05) is 23.3 Å². The predicted molar refractivity (Wildman–Crippen MR) is 98.3 cm³/mol. The van der Waals surface area contributed by atoms with Gasteiger partial charge in [-0.15, -0.1) is 0 Å². The van der Waals surface area contributed by atoms with Crippen molar-refractivity contribution in [1.29, 1.82) is 0 Å². The molecule has 4 rings (SSSR count). The van der Waals surface area contributed by atoms with E-state index in [0.717, 1.165) is 36.1 Å². The largest absolute Gasteiger partial charge is 0.391 e. The van der Waals surface area contributed by atoms with Gasteiger partial charge in [-0.3, -0.25) is 0 Å². The Balaban J connectivity index is 1.29. The maximum atomic E-state index is 12.8. The topological polar surface area (TPSA) is 41.3 Å². The number of nitrogens with one attached hydrogen (secondary N) is 1. The molecular formula is C20H28F3N3. The number of alkyl halides is 3. The number of benzene rings is 1. The molecule has 0 radical (unpaired) electrons. The Morgan fingerprint density at radius 2 is 1.50 bits per heavy atom. The van der Waals surface area contributed by atoms with E-state index in [-0.39, 0.29) is 12.8 Å². The molecule has 3 nitrogen and oxygen atoms in total. The maximum Gasteiger partial charge on any atom is 0.391 e. The minimum atomic E-state index is -4.05. The summed E-state index contributed by atoms with van der Waals surface area (Å²) >= 11 is 0. The minimum Gasteiger partial charge on any atom is -0.382 e. The fourth-order valence-corrected chi connectivity index (χ4v) is 5.25. The van der Waals surface area contributed by atoms with Crippen LogP contribution in [-0.4, -0.2) is 31.3 Å². The summed E-state index contributed by atoms with van der Waals surface area (Å²) in [4.78, 5) is 2.06. The van der Waals surface area contributed by atoms with Gasteiger partial charge in [-0.05, 0) is 74.6 Å². The first kappa shape index (κ1) is 18.0. The van der Waals surface area contributed by atoms with Crippen LogP contribution in [0.5, 0.6) is 0 Å². The molecule has 2 saturated carbocycles. The van der Waals surface area contributed by atoms with E-state index in [1.165, 1.54) is 12.8 Å². The summed E-state index contributed by atoms with van der Waals surface area (Å²) in [7, 11) is 0. The zero-order valence-electron chi connectivity index (χ0n) is 15.0. The van der Waals surface area contributed by atoms with Crippen molar-refractivity contribution in [3.05, 3.63) is 24.3 Å². The third-order valence-electron chi connectivity index (χ3n) is 6.61. The Bertz CT molecular complexity index is 594. The second-order valence-corrected chi connectivity index (χ2v) is 8.41. The van der Waals surface area contributed by atoms with Crippen LogP contribution in [0.4, 0.5) is 24.5 Å². The molecule has 2 aliphatic carbocycles. The van der Waals surface area contributed by atoms with Crippen LogP contribution in [0.3, 0.4) is 0 Å². The molecular weight excluding hydrogens is 339 g/mol. The Morgan fingerprint density at radius 1 is 0.923 bits per heavy atom. The number of anilines is 2. The molecule has 2 atom stereocenters. The average Bonchev–Trinajstić information content (AvgIpc) is 3.11. The summed E-state index contributed by atoms with van der Waals surface area (Å²) in [5.74, 6) is 0.406. The molecule has 6 heteroatoms. The van der Waals surface area contributed by atoms with Crippen LogP contribution in [0.1, 0.15) is 38.5 Å². The highest BCUT2D eigenvalue weighted by atomic mass is 19.4. The predicted octanol–water partition coefficient (Wildman–Crippen LogP) is 4.39. The van der Waals surface area contributed by atoms with Crippen molar-refractivity contribution in [2.24, 2.45) is 23.5 Å². The van der Waals surface area contributed by atoms with Crippen LogP contribution in [-0.2, 0) is 0 Å². The number of hydrogen-bond donors (Lipinski definition) is 2. The molecule has 3 fully saturated rings. The highest BCUT2D eigenvalue weighted by Gasteiger charge is 2.41. The normalized spacial score (nSPS) is 32.7. The van der Waals surface area contributed by atoms with Gasteiger partial charge in [0.2, 0.25) is 0 Å². The van der Waals surface area contributed by atoms with Gasteiger partial charge in [-0.2, -0.15) is 13.2 Å². The smallest absolute Gasteiger partial charge is 0.382 e. The zero-order chi connectivity index (χ0) is 18.3. The van der Waals surface area contributed by atoms with Crippen LogP contribution < -0.4 is 16.0 Å². The summed E-state index contributed by atoms with van der Waals surface area (Å²) in [6.45, 7) is 0.951. The lowest BCUT2D eigenvalue weighted by Crippen LogP contribution is -2.38. The highest BCUT2D eigenvalue weighted by molar-refractivity contribution is 5.55. The van der Waals surface area contributed by atoms with Crippen molar-refractivity contribution in [3.63, 3.8) is 0 Å². The average molecular weight is 367 g/mol. The van der Waals surface area contributed by atoms with E-state index in [0.29, 0.717) is 25.2 Å². The molecule has 26 heavy (non-hydrogen) atoms. The van der Waals surface area contributed by atoms with E-state index in [4.69, 9.17) is 5.73 Å². The quantitative estimate of drug-likeness (QED) is 0.832. The summed E-state index contributed by atoms with van der Waals surface area (Å²) in [5, 5.41) is 3.63. The number of nitrogens with zero attached hydrogens (tertiary/aromatic N) is 1. The number of nitrogens with two attached hydrogens (primary N) is 1. The third-order valence-corrected chi connectivity index (χ3v) is 6.61. The van der Waals surface area contributed by atoms with Gasteiger partial charge in [0.15, 0.2) is 0 Å². The van der Waals surface area contributed by atoms with E-state index in [1.807, 2.05) is 12.1 Å². The standard InChI is InChI=1S/C20H28F3N3/c21-20(22,23)15-5-7-26(8-6-15)19-3-1-17(2-4-19)25-18-11-13-9-16(24)10-14(13)12-18/h1-4,13-16,18,25H,5-12,24H2. The molecule has 1 aromatic carbocycles. The second kappa shape index (κ2) is 6.95. The lowest BCUT2D eigenvalue weighted by molar-refractivity contribution is -0.179. The Morgan fingerprint density at radius 3 is 2.04 bits per heavy atom. The molecule has 1 saturated heterocycles. The molecule has 3 aliphatic rings. The number of hydrogen-bond acceptors (Lipinski definition) is 3. The highest BCUT2D eigenvalue weighted by Crippen LogP contribution is 2.44. The van der Waals surface area contributed by atoms with Crippen molar-refractivity contribution in [2.45, 2.75) is 56.8 Å². The van der Waals surface area contributed by atoms with Crippen molar-refractivity contribution in [1.82, 2.24) is 0 Å². The van der Waals surface area contributed by atoms with E-state index in [2.05, 4.69) is 22.3 Å². The lowest BCUT2D eigenvalue weighted by atomic mass is 9.96. The summed E-state index contributed by atoms with van der Waals surface area (Å²) < 4.78 is 38.4. The van der Waals surface area contributed by atoms with Gasteiger partial charge in [-0.1, -0.05) is 0 Å². The van der Waals surface area contributed by atoms with Crippen LogP contribution in [0.25, 0.3) is 0 Å². The molecule has 3 N–H and O–H groups in total. The van der Waals surface area contributed by atoms with Gasteiger partial charge in [-0.25, -0.2) is 0 Å². The van der Waals surface area contributed by atoms with Gasteiger partial charge in [0.05, 0.1) is 5.92 Å². The van der Waals surface area contributed by atoms with E-state index in [9.17, 15) is 13.2 Å². The Hall–Kier alpha value is -1.43. The summed E-state index contributed by atoms with van der Waals surface area (Å²) in [5.41, 5.74) is 8.18. The molecule has 0 spiro atoms. The van der Waals surface area contributed by atoms with Crippen LogP contribution in [0.15, 0.2) is 24.3 Å². The van der Waals surface area contributed by atoms with E-state index < -0.39 is 12.1 Å². The third kappa shape index (κ3) is 3.80. The zero-order valence-corrected chi connectivity index (χ0v) is 15.0. The van der Waals surface area contributed by atoms with Gasteiger partial charge in [0.1, 0.15) is 0 Å². The summed E-state index contributed by atoms with van der Waals surface area (Å²) in [6, 6.07) is 9.09. The van der Waals surface area contributed by atoms with Gasteiger partial charge in [0, 0.05) is 36.5 Å². The van der Waals surface area contributed by atoms with Gasteiger partial charge >= 0.3 is 6.18 Å². The van der Waals surface area contributed by atoms with E-state index in [1.54, 1.807) is 0 Å². The fourth-order valence-electron chi connectivity index (χ4n) is 5.25. The number of halogens is 3. The fraction of sp³-hybridized carbons (Fsp3) is 0.700. The molecule has 0 aromatic heterocycles. The van der Waals surface area contributed by atoms with Crippen molar-refractivity contribution in [3.8, 4) is 0 Å². The minimum absolute atomic E-state index is 0.191. The first-order valence-corrected chi connectivity index (χ1v) is 9.82.